The number of hydrogen-bond acceptors (Lipinski definition) is 4. The molecule has 0 saturated carbocycles. The van der Waals surface area contributed by atoms with Gasteiger partial charge in [-0.15, -0.1) is 0 Å². The van der Waals surface area contributed by atoms with Crippen LogP contribution in [0.2, 0.25) is 0 Å². The first-order valence-corrected chi connectivity index (χ1v) is 7.21. The molecule has 0 bridgehead atoms. The van der Waals surface area contributed by atoms with Crippen LogP contribution in [-0.4, -0.2) is 23.3 Å². The van der Waals surface area contributed by atoms with E-state index < -0.39 is 4.92 Å². The first-order chi connectivity index (χ1) is 9.65. The SMILES string of the molecule is CC(=O)c1ccc(N2CC(C)(C)[C@@H]2C(C)C)c([N+](=O)[O-])c1. The lowest BCUT2D eigenvalue weighted by atomic mass is 9.69. The lowest BCUT2D eigenvalue weighted by Gasteiger charge is -2.57. The number of rotatable bonds is 4. The third-order valence-corrected chi connectivity index (χ3v) is 4.23. The van der Waals surface area contributed by atoms with E-state index in [-0.39, 0.29) is 22.9 Å². The van der Waals surface area contributed by atoms with E-state index >= 15 is 0 Å². The van der Waals surface area contributed by atoms with Crippen molar-refractivity contribution in [3.05, 3.63) is 33.9 Å². The maximum absolute atomic E-state index is 11.4. The van der Waals surface area contributed by atoms with Crippen molar-refractivity contribution < 1.29 is 9.72 Å². The van der Waals surface area contributed by atoms with Crippen LogP contribution in [-0.2, 0) is 0 Å². The van der Waals surface area contributed by atoms with Crippen molar-refractivity contribution in [1.82, 2.24) is 0 Å². The molecule has 0 radical (unpaired) electrons. The van der Waals surface area contributed by atoms with Crippen LogP contribution in [0.25, 0.3) is 0 Å². The van der Waals surface area contributed by atoms with Crippen LogP contribution in [0.1, 0.15) is 45.0 Å². The first kappa shape index (κ1) is 15.5. The number of nitrogens with zero attached hydrogens (tertiary/aromatic N) is 2. The lowest BCUT2D eigenvalue weighted by molar-refractivity contribution is -0.384. The van der Waals surface area contributed by atoms with Crippen LogP contribution in [0.15, 0.2) is 18.2 Å². The molecule has 0 aliphatic carbocycles. The summed E-state index contributed by atoms with van der Waals surface area (Å²) in [5.74, 6) is 0.245. The van der Waals surface area contributed by atoms with Crippen molar-refractivity contribution in [3.8, 4) is 0 Å². The number of Topliss-reactive ketones (excluding diaryl/α,β-unsaturated/α-hetero) is 1. The molecule has 0 N–H and O–H groups in total. The molecule has 0 spiro atoms. The van der Waals surface area contributed by atoms with Crippen LogP contribution in [0.3, 0.4) is 0 Å². The molecule has 0 aromatic heterocycles. The molecule has 1 aromatic rings. The zero-order valence-corrected chi connectivity index (χ0v) is 13.2. The lowest BCUT2D eigenvalue weighted by Crippen LogP contribution is -2.64. The van der Waals surface area contributed by atoms with Crippen LogP contribution in [0, 0.1) is 21.4 Å². The second-order valence-electron chi connectivity index (χ2n) is 6.82. The smallest absolute Gasteiger partial charge is 0.293 e. The highest BCUT2D eigenvalue weighted by atomic mass is 16.6. The van der Waals surface area contributed by atoms with E-state index in [1.54, 1.807) is 12.1 Å². The molecule has 21 heavy (non-hydrogen) atoms. The fourth-order valence-corrected chi connectivity index (χ4v) is 3.57. The number of hydrogen-bond donors (Lipinski definition) is 0. The summed E-state index contributed by atoms with van der Waals surface area (Å²) in [5.41, 5.74) is 1.15. The maximum atomic E-state index is 11.4. The predicted molar refractivity (Wildman–Crippen MR) is 82.9 cm³/mol. The van der Waals surface area contributed by atoms with Gasteiger partial charge in [-0.25, -0.2) is 0 Å². The largest absolute Gasteiger partial charge is 0.362 e. The summed E-state index contributed by atoms with van der Waals surface area (Å²) in [6.45, 7) is 10.8. The van der Waals surface area contributed by atoms with E-state index in [1.165, 1.54) is 13.0 Å². The second-order valence-corrected chi connectivity index (χ2v) is 6.82. The van der Waals surface area contributed by atoms with Crippen molar-refractivity contribution in [3.63, 3.8) is 0 Å². The van der Waals surface area contributed by atoms with E-state index in [4.69, 9.17) is 0 Å². The fourth-order valence-electron chi connectivity index (χ4n) is 3.57. The molecule has 1 aliphatic rings. The first-order valence-electron chi connectivity index (χ1n) is 7.21. The molecule has 5 nitrogen and oxygen atoms in total. The summed E-state index contributed by atoms with van der Waals surface area (Å²) in [7, 11) is 0. The van der Waals surface area contributed by atoms with E-state index in [0.717, 1.165) is 6.54 Å². The van der Waals surface area contributed by atoms with Crippen molar-refractivity contribution >= 4 is 17.2 Å². The van der Waals surface area contributed by atoms with E-state index in [9.17, 15) is 14.9 Å². The summed E-state index contributed by atoms with van der Waals surface area (Å²) in [4.78, 5) is 24.5. The van der Waals surface area contributed by atoms with Gasteiger partial charge >= 0.3 is 0 Å². The number of anilines is 1. The number of carbonyl (C=O) groups is 1. The summed E-state index contributed by atoms with van der Waals surface area (Å²) >= 11 is 0. The van der Waals surface area contributed by atoms with E-state index in [0.29, 0.717) is 17.2 Å². The van der Waals surface area contributed by atoms with Crippen molar-refractivity contribution in [2.45, 2.75) is 40.7 Å². The number of ketones is 1. The van der Waals surface area contributed by atoms with Crippen LogP contribution in [0.4, 0.5) is 11.4 Å². The minimum absolute atomic E-state index is 0.0175. The molecule has 1 aliphatic heterocycles. The van der Waals surface area contributed by atoms with Gasteiger partial charge in [0.05, 0.1) is 4.92 Å². The minimum Gasteiger partial charge on any atom is -0.362 e. The highest BCUT2D eigenvalue weighted by molar-refractivity contribution is 5.95. The number of carbonyl (C=O) groups excluding carboxylic acids is 1. The summed E-state index contributed by atoms with van der Waals surface area (Å²) in [6.07, 6.45) is 0. The Balaban J connectivity index is 2.45. The average Bonchev–Trinajstić information content (AvgIpc) is 2.34. The summed E-state index contributed by atoms with van der Waals surface area (Å²) in [6, 6.07) is 5.03. The highest BCUT2D eigenvalue weighted by Crippen LogP contribution is 2.46. The minimum atomic E-state index is -0.398. The van der Waals surface area contributed by atoms with Gasteiger partial charge in [0.1, 0.15) is 5.69 Å². The third kappa shape index (κ3) is 2.64. The van der Waals surface area contributed by atoms with E-state index in [1.807, 2.05) is 0 Å². The number of nitro benzene ring substituents is 1. The summed E-state index contributed by atoms with van der Waals surface area (Å²) in [5, 5.41) is 11.3. The molecule has 5 heteroatoms. The highest BCUT2D eigenvalue weighted by Gasteiger charge is 2.48. The third-order valence-electron chi connectivity index (χ3n) is 4.23. The van der Waals surface area contributed by atoms with Crippen molar-refractivity contribution in [2.75, 3.05) is 11.4 Å². The topological polar surface area (TPSA) is 63.5 Å². The fraction of sp³-hybridized carbons (Fsp3) is 0.562. The average molecular weight is 290 g/mol. The van der Waals surface area contributed by atoms with E-state index in [2.05, 4.69) is 32.6 Å². The Labute approximate surface area is 125 Å². The number of benzene rings is 1. The molecule has 1 heterocycles. The zero-order valence-electron chi connectivity index (χ0n) is 13.2. The molecule has 114 valence electrons. The monoisotopic (exact) mass is 290 g/mol. The Hall–Kier alpha value is -1.91. The normalized spacial score (nSPS) is 20.3. The van der Waals surface area contributed by atoms with Gasteiger partial charge in [0.15, 0.2) is 5.78 Å². The zero-order chi connectivity index (χ0) is 15.9. The Kier molecular flexibility index (Phi) is 3.78. The van der Waals surface area contributed by atoms with Gasteiger partial charge in [-0.2, -0.15) is 0 Å². The molecule has 2 rings (SSSR count). The van der Waals surface area contributed by atoms with Gasteiger partial charge in [0.25, 0.3) is 5.69 Å². The van der Waals surface area contributed by atoms with Crippen LogP contribution in [0.5, 0.6) is 0 Å². The maximum Gasteiger partial charge on any atom is 0.293 e. The predicted octanol–water partition coefficient (Wildman–Crippen LogP) is 3.67. The quantitative estimate of drug-likeness (QED) is 0.482. The van der Waals surface area contributed by atoms with Gasteiger partial charge < -0.3 is 4.90 Å². The van der Waals surface area contributed by atoms with Crippen LogP contribution >= 0.6 is 0 Å². The van der Waals surface area contributed by atoms with Crippen molar-refractivity contribution in [2.24, 2.45) is 11.3 Å². The second kappa shape index (κ2) is 5.13. The Morgan fingerprint density at radius 2 is 2.05 bits per heavy atom. The Morgan fingerprint density at radius 1 is 1.43 bits per heavy atom. The van der Waals surface area contributed by atoms with Crippen LogP contribution < -0.4 is 4.90 Å². The molecule has 0 unspecified atom stereocenters. The Morgan fingerprint density at radius 3 is 2.48 bits per heavy atom. The van der Waals surface area contributed by atoms with Gasteiger partial charge in [-0.05, 0) is 25.0 Å². The Bertz CT molecular complexity index is 593. The number of nitro groups is 1. The molecule has 1 aromatic carbocycles. The van der Waals surface area contributed by atoms with Crippen molar-refractivity contribution in [1.29, 1.82) is 0 Å². The van der Waals surface area contributed by atoms with Gasteiger partial charge in [-0.3, -0.25) is 14.9 Å². The molecule has 1 atom stereocenters. The molecule has 1 saturated heterocycles. The van der Waals surface area contributed by atoms with Gasteiger partial charge in [-0.1, -0.05) is 27.7 Å². The molecular formula is C16H22N2O3. The molecule has 1 fully saturated rings. The molecule has 0 amide bonds. The van der Waals surface area contributed by atoms with Gasteiger partial charge in [0, 0.05) is 29.6 Å². The standard InChI is InChI=1S/C16H22N2O3/c1-10(2)15-16(4,5)9-17(15)13-7-6-12(11(3)19)8-14(13)18(20)21/h6-8,10,15H,9H2,1-5H3/t15-/m0/s1. The van der Waals surface area contributed by atoms with Gasteiger partial charge in [0.2, 0.25) is 0 Å². The summed E-state index contributed by atoms with van der Waals surface area (Å²) < 4.78 is 0. The molecular weight excluding hydrogens is 268 g/mol.